The largest absolute Gasteiger partial charge is 0.480 e. The summed E-state index contributed by atoms with van der Waals surface area (Å²) in [6.07, 6.45) is 1.65. The zero-order valence-electron chi connectivity index (χ0n) is 12.0. The van der Waals surface area contributed by atoms with Gasteiger partial charge in [-0.3, -0.25) is 0 Å². The Morgan fingerprint density at radius 2 is 2.10 bits per heavy atom. The van der Waals surface area contributed by atoms with Crippen LogP contribution in [0.4, 0.5) is 4.79 Å². The Morgan fingerprint density at radius 1 is 1.43 bits per heavy atom. The molecule has 0 aliphatic heterocycles. The van der Waals surface area contributed by atoms with Crippen LogP contribution in [0.5, 0.6) is 0 Å². The van der Waals surface area contributed by atoms with Crippen molar-refractivity contribution in [2.75, 3.05) is 0 Å². The fourth-order valence-corrected chi connectivity index (χ4v) is 2.52. The molecule has 2 rings (SSSR count). The van der Waals surface area contributed by atoms with Crippen LogP contribution < -0.4 is 10.6 Å². The lowest BCUT2D eigenvalue weighted by atomic mass is 9.96. The molecule has 0 radical (unpaired) electrons. The first-order valence-corrected chi connectivity index (χ1v) is 7.28. The second-order valence-electron chi connectivity index (χ2n) is 5.66. The molecular weight excluding hydrogens is 292 g/mol. The molecule has 1 aromatic carbocycles. The number of benzene rings is 1. The molecule has 0 heterocycles. The van der Waals surface area contributed by atoms with Crippen LogP contribution in [0, 0.1) is 5.92 Å². The lowest BCUT2D eigenvalue weighted by molar-refractivity contribution is -0.144. The summed E-state index contributed by atoms with van der Waals surface area (Å²) in [6, 6.07) is 6.43. The molecular formula is C15H19ClN2O3. The van der Waals surface area contributed by atoms with Gasteiger partial charge in [-0.15, -0.1) is 0 Å². The van der Waals surface area contributed by atoms with E-state index in [1.165, 1.54) is 0 Å². The number of carboxylic acid groups (broad SMARTS) is 1. The molecule has 1 aromatic rings. The SMILES string of the molecule is CC(NC(=O)NC(C)(C(=O)O)C1CC1)c1cccc(Cl)c1. The number of carboxylic acids is 1. The van der Waals surface area contributed by atoms with E-state index in [9.17, 15) is 14.7 Å². The topological polar surface area (TPSA) is 78.4 Å². The number of halogens is 1. The number of aliphatic carboxylic acids is 1. The second kappa shape index (κ2) is 5.93. The van der Waals surface area contributed by atoms with E-state index in [4.69, 9.17) is 11.6 Å². The molecule has 0 bridgehead atoms. The van der Waals surface area contributed by atoms with Gasteiger partial charge in [-0.25, -0.2) is 9.59 Å². The Morgan fingerprint density at radius 3 is 2.62 bits per heavy atom. The standard InChI is InChI=1S/C15H19ClN2O3/c1-9(10-4-3-5-12(16)8-10)17-14(21)18-15(2,13(19)20)11-6-7-11/h3-5,8-9,11H,6-7H2,1-2H3,(H,19,20)(H2,17,18,21). The first-order valence-electron chi connectivity index (χ1n) is 6.90. The van der Waals surface area contributed by atoms with Crippen molar-refractivity contribution < 1.29 is 14.7 Å². The van der Waals surface area contributed by atoms with Gasteiger partial charge >= 0.3 is 12.0 Å². The minimum Gasteiger partial charge on any atom is -0.480 e. The van der Waals surface area contributed by atoms with E-state index < -0.39 is 17.5 Å². The predicted octanol–water partition coefficient (Wildman–Crippen LogP) is 2.95. The Balaban J connectivity index is 1.99. The number of hydrogen-bond donors (Lipinski definition) is 3. The number of rotatable bonds is 5. The van der Waals surface area contributed by atoms with E-state index in [1.807, 2.05) is 13.0 Å². The second-order valence-corrected chi connectivity index (χ2v) is 6.09. The normalized spacial score (nSPS) is 18.4. The molecule has 1 aliphatic carbocycles. The van der Waals surface area contributed by atoms with E-state index in [-0.39, 0.29) is 12.0 Å². The maximum atomic E-state index is 12.0. The average Bonchev–Trinajstić information content (AvgIpc) is 3.22. The highest BCUT2D eigenvalue weighted by atomic mass is 35.5. The molecule has 3 N–H and O–H groups in total. The first kappa shape index (κ1) is 15.6. The molecule has 2 unspecified atom stereocenters. The van der Waals surface area contributed by atoms with Crippen LogP contribution >= 0.6 is 11.6 Å². The number of amides is 2. The highest BCUT2D eigenvalue weighted by Crippen LogP contribution is 2.39. The number of urea groups is 1. The maximum absolute atomic E-state index is 12.0. The highest BCUT2D eigenvalue weighted by molar-refractivity contribution is 6.30. The van der Waals surface area contributed by atoms with Gasteiger partial charge < -0.3 is 15.7 Å². The molecule has 2 atom stereocenters. The minimum atomic E-state index is -1.21. The fourth-order valence-electron chi connectivity index (χ4n) is 2.32. The number of nitrogens with one attached hydrogen (secondary N) is 2. The van der Waals surface area contributed by atoms with Crippen molar-refractivity contribution in [2.24, 2.45) is 5.92 Å². The molecule has 1 aliphatic rings. The average molecular weight is 311 g/mol. The van der Waals surface area contributed by atoms with Gasteiger partial charge in [0.05, 0.1) is 6.04 Å². The van der Waals surface area contributed by atoms with Gasteiger partial charge in [0.15, 0.2) is 0 Å². The Hall–Kier alpha value is -1.75. The van der Waals surface area contributed by atoms with Crippen LogP contribution in [0.25, 0.3) is 0 Å². The van der Waals surface area contributed by atoms with E-state index in [0.717, 1.165) is 18.4 Å². The highest BCUT2D eigenvalue weighted by Gasteiger charge is 2.48. The summed E-state index contributed by atoms with van der Waals surface area (Å²) in [6.45, 7) is 3.37. The summed E-state index contributed by atoms with van der Waals surface area (Å²) in [7, 11) is 0. The van der Waals surface area contributed by atoms with E-state index in [1.54, 1.807) is 25.1 Å². The van der Waals surface area contributed by atoms with Crippen molar-refractivity contribution in [3.05, 3.63) is 34.9 Å². The predicted molar refractivity (Wildman–Crippen MR) is 80.3 cm³/mol. The molecule has 1 fully saturated rings. The first-order chi connectivity index (χ1) is 9.83. The van der Waals surface area contributed by atoms with Crippen LogP contribution in [-0.4, -0.2) is 22.6 Å². The van der Waals surface area contributed by atoms with Crippen LogP contribution in [0.2, 0.25) is 5.02 Å². The van der Waals surface area contributed by atoms with E-state index in [2.05, 4.69) is 10.6 Å². The van der Waals surface area contributed by atoms with Gasteiger partial charge in [0.2, 0.25) is 0 Å². The third-order valence-electron chi connectivity index (χ3n) is 3.91. The van der Waals surface area contributed by atoms with Gasteiger partial charge in [-0.05, 0) is 50.3 Å². The van der Waals surface area contributed by atoms with Gasteiger partial charge in [0.1, 0.15) is 5.54 Å². The third-order valence-corrected chi connectivity index (χ3v) is 4.14. The van der Waals surface area contributed by atoms with Crippen molar-refractivity contribution >= 4 is 23.6 Å². The quantitative estimate of drug-likeness (QED) is 0.782. The lowest BCUT2D eigenvalue weighted by Crippen LogP contribution is -2.56. The summed E-state index contributed by atoms with van der Waals surface area (Å²) in [5, 5.41) is 15.2. The number of hydrogen-bond acceptors (Lipinski definition) is 2. The number of carbonyl (C=O) groups excluding carboxylic acids is 1. The summed E-state index contributed by atoms with van der Waals surface area (Å²) in [5.74, 6) is -1.00. The summed E-state index contributed by atoms with van der Waals surface area (Å²) in [4.78, 5) is 23.4. The monoisotopic (exact) mass is 310 g/mol. The summed E-state index contributed by atoms with van der Waals surface area (Å²) < 4.78 is 0. The number of carbonyl (C=O) groups is 2. The zero-order valence-corrected chi connectivity index (χ0v) is 12.8. The lowest BCUT2D eigenvalue weighted by Gasteiger charge is -2.27. The maximum Gasteiger partial charge on any atom is 0.329 e. The Kier molecular flexibility index (Phi) is 4.42. The molecule has 114 valence electrons. The van der Waals surface area contributed by atoms with Crippen molar-refractivity contribution in [3.63, 3.8) is 0 Å². The van der Waals surface area contributed by atoms with Crippen LogP contribution in [0.3, 0.4) is 0 Å². The van der Waals surface area contributed by atoms with Gasteiger partial charge in [-0.2, -0.15) is 0 Å². The Bertz CT molecular complexity index is 560. The molecule has 5 nitrogen and oxygen atoms in total. The van der Waals surface area contributed by atoms with Crippen molar-refractivity contribution in [1.82, 2.24) is 10.6 Å². The molecule has 0 aromatic heterocycles. The third kappa shape index (κ3) is 3.67. The van der Waals surface area contributed by atoms with E-state index in [0.29, 0.717) is 5.02 Å². The summed E-state index contributed by atoms with van der Waals surface area (Å²) >= 11 is 5.92. The van der Waals surface area contributed by atoms with Crippen LogP contribution in [0.1, 0.15) is 38.3 Å². The van der Waals surface area contributed by atoms with Crippen molar-refractivity contribution in [1.29, 1.82) is 0 Å². The van der Waals surface area contributed by atoms with Crippen molar-refractivity contribution in [2.45, 2.75) is 38.3 Å². The zero-order chi connectivity index (χ0) is 15.6. The fraction of sp³-hybridized carbons (Fsp3) is 0.467. The minimum absolute atomic E-state index is 0.00206. The molecule has 0 spiro atoms. The van der Waals surface area contributed by atoms with Crippen LogP contribution in [-0.2, 0) is 4.79 Å². The van der Waals surface area contributed by atoms with Gasteiger partial charge in [0.25, 0.3) is 0 Å². The van der Waals surface area contributed by atoms with Gasteiger partial charge in [-0.1, -0.05) is 23.7 Å². The van der Waals surface area contributed by atoms with Crippen LogP contribution in [0.15, 0.2) is 24.3 Å². The van der Waals surface area contributed by atoms with Gasteiger partial charge in [0, 0.05) is 5.02 Å². The molecule has 0 saturated heterocycles. The molecule has 21 heavy (non-hydrogen) atoms. The Labute approximate surface area is 128 Å². The van der Waals surface area contributed by atoms with E-state index >= 15 is 0 Å². The smallest absolute Gasteiger partial charge is 0.329 e. The van der Waals surface area contributed by atoms with Crippen molar-refractivity contribution in [3.8, 4) is 0 Å². The molecule has 1 saturated carbocycles. The molecule has 2 amide bonds. The summed E-state index contributed by atoms with van der Waals surface area (Å²) in [5.41, 5.74) is -0.348. The molecule has 6 heteroatoms.